The van der Waals surface area contributed by atoms with Crippen molar-refractivity contribution < 1.29 is 9.21 Å². The van der Waals surface area contributed by atoms with Crippen molar-refractivity contribution in [1.29, 1.82) is 0 Å². The first-order valence-corrected chi connectivity index (χ1v) is 11.3. The molecule has 4 aliphatic rings. The molecule has 0 aliphatic heterocycles. The number of benzene rings is 1. The summed E-state index contributed by atoms with van der Waals surface area (Å²) in [5, 5.41) is 12.2. The Labute approximate surface area is 174 Å². The highest BCUT2D eigenvalue weighted by molar-refractivity contribution is 8.00. The molecular weight excluding hydrogens is 394 g/mol. The minimum atomic E-state index is -0.360. The highest BCUT2D eigenvalue weighted by atomic mass is 35.5. The maximum Gasteiger partial charge on any atom is 0.277 e. The van der Waals surface area contributed by atoms with Gasteiger partial charge in [0.05, 0.1) is 16.0 Å². The maximum atomic E-state index is 12.5. The average Bonchev–Trinajstić information content (AvgIpc) is 3.12. The second-order valence-electron chi connectivity index (χ2n) is 8.80. The zero-order valence-electron chi connectivity index (χ0n) is 15.9. The van der Waals surface area contributed by atoms with Crippen LogP contribution in [0.2, 0.25) is 5.02 Å². The van der Waals surface area contributed by atoms with Gasteiger partial charge >= 0.3 is 0 Å². The molecule has 2 aromatic rings. The van der Waals surface area contributed by atoms with Crippen LogP contribution in [0.15, 0.2) is 33.9 Å². The van der Waals surface area contributed by atoms with E-state index in [0.717, 1.165) is 23.6 Å². The van der Waals surface area contributed by atoms with Crippen LogP contribution < -0.4 is 5.32 Å². The highest BCUT2D eigenvalue weighted by Gasteiger charge is 2.54. The first kappa shape index (κ1) is 18.5. The molecular formula is C21H24ClN3O2S. The fraction of sp³-hybridized carbons (Fsp3) is 0.571. The lowest BCUT2D eigenvalue weighted by Crippen LogP contribution is -2.48. The van der Waals surface area contributed by atoms with Gasteiger partial charge in [-0.2, -0.15) is 0 Å². The second-order valence-corrected chi connectivity index (χ2v) is 10.5. The molecule has 28 heavy (non-hydrogen) atoms. The van der Waals surface area contributed by atoms with Gasteiger partial charge in [0.15, 0.2) is 0 Å². The predicted octanol–water partition coefficient (Wildman–Crippen LogP) is 5.31. The van der Waals surface area contributed by atoms with Gasteiger partial charge in [0.1, 0.15) is 0 Å². The van der Waals surface area contributed by atoms with Crippen molar-refractivity contribution in [1.82, 2.24) is 10.2 Å². The van der Waals surface area contributed by atoms with Crippen molar-refractivity contribution in [3.05, 3.63) is 35.2 Å². The van der Waals surface area contributed by atoms with Gasteiger partial charge < -0.3 is 9.73 Å². The number of hydrogen-bond acceptors (Lipinski definition) is 5. The molecule has 1 aromatic heterocycles. The van der Waals surface area contributed by atoms with Crippen LogP contribution in [0, 0.1) is 17.8 Å². The van der Waals surface area contributed by atoms with Gasteiger partial charge in [0.2, 0.25) is 11.8 Å². The van der Waals surface area contributed by atoms with Crippen LogP contribution in [0.1, 0.15) is 51.3 Å². The summed E-state index contributed by atoms with van der Waals surface area (Å²) >= 11 is 7.43. The minimum absolute atomic E-state index is 0.0869. The lowest BCUT2D eigenvalue weighted by molar-refractivity contribution is -0.115. The van der Waals surface area contributed by atoms with Crippen LogP contribution in [0.4, 0.5) is 5.69 Å². The number of halogens is 1. The SMILES string of the molecule is C[C@H](Sc1nnc(C23CC4CC(CC(C4)C2)C3)o1)C(=O)Nc1ccccc1Cl. The van der Waals surface area contributed by atoms with Gasteiger partial charge in [0.25, 0.3) is 5.22 Å². The van der Waals surface area contributed by atoms with E-state index in [-0.39, 0.29) is 16.6 Å². The van der Waals surface area contributed by atoms with Crippen molar-refractivity contribution in [3.63, 3.8) is 0 Å². The quantitative estimate of drug-likeness (QED) is 0.667. The topological polar surface area (TPSA) is 68.0 Å². The Kier molecular flexibility index (Phi) is 4.67. The second kappa shape index (κ2) is 7.06. The Balaban J connectivity index is 1.27. The largest absolute Gasteiger partial charge is 0.415 e. The third kappa shape index (κ3) is 3.35. The summed E-state index contributed by atoms with van der Waals surface area (Å²) in [7, 11) is 0. The molecule has 1 heterocycles. The lowest BCUT2D eigenvalue weighted by Gasteiger charge is -2.55. The number of carbonyl (C=O) groups excluding carboxylic acids is 1. The fourth-order valence-electron chi connectivity index (χ4n) is 5.85. The molecule has 1 amide bonds. The molecule has 148 valence electrons. The van der Waals surface area contributed by atoms with Crippen LogP contribution >= 0.6 is 23.4 Å². The molecule has 4 saturated carbocycles. The van der Waals surface area contributed by atoms with E-state index in [2.05, 4.69) is 15.5 Å². The van der Waals surface area contributed by atoms with E-state index in [4.69, 9.17) is 16.0 Å². The number of hydrogen-bond donors (Lipinski definition) is 1. The van der Waals surface area contributed by atoms with Crippen molar-refractivity contribution in [2.75, 3.05) is 5.32 Å². The molecule has 1 N–H and O–H groups in total. The standard InChI is InChI=1S/C21H24ClN3O2S/c1-12(18(26)23-17-5-3-2-4-16(17)22)28-20-25-24-19(27-20)21-9-13-6-14(10-21)8-15(7-13)11-21/h2-5,12-15H,6-11H2,1H3,(H,23,26)/t12-,13?,14?,15?,21?/m0/s1. The molecule has 1 atom stereocenters. The third-order valence-electron chi connectivity index (χ3n) is 6.68. The van der Waals surface area contributed by atoms with Gasteiger partial charge in [-0.05, 0) is 75.3 Å². The van der Waals surface area contributed by atoms with Gasteiger partial charge in [-0.25, -0.2) is 0 Å². The average molecular weight is 418 g/mol. The molecule has 1 aromatic carbocycles. The molecule has 0 spiro atoms. The molecule has 4 fully saturated rings. The normalized spacial score (nSPS) is 31.7. The summed E-state index contributed by atoms with van der Waals surface area (Å²) in [6.07, 6.45) is 7.71. The molecule has 7 heteroatoms. The number of thioether (sulfide) groups is 1. The Hall–Kier alpha value is -1.53. The molecule has 6 rings (SSSR count). The van der Waals surface area contributed by atoms with E-state index >= 15 is 0 Å². The van der Waals surface area contributed by atoms with Gasteiger partial charge in [-0.15, -0.1) is 10.2 Å². The summed E-state index contributed by atoms with van der Waals surface area (Å²) in [6, 6.07) is 7.22. The van der Waals surface area contributed by atoms with Crippen LogP contribution in [-0.2, 0) is 10.2 Å². The smallest absolute Gasteiger partial charge is 0.277 e. The number of carbonyl (C=O) groups is 1. The zero-order chi connectivity index (χ0) is 19.3. The van der Waals surface area contributed by atoms with Crippen molar-refractivity contribution in [3.8, 4) is 0 Å². The van der Waals surface area contributed by atoms with Crippen LogP contribution in [-0.4, -0.2) is 21.4 Å². The zero-order valence-corrected chi connectivity index (χ0v) is 17.4. The van der Waals surface area contributed by atoms with Crippen molar-refractivity contribution in [2.24, 2.45) is 17.8 Å². The van der Waals surface area contributed by atoms with Crippen LogP contribution in [0.5, 0.6) is 0 Å². The minimum Gasteiger partial charge on any atom is -0.415 e. The van der Waals surface area contributed by atoms with Crippen molar-refractivity contribution >= 4 is 35.0 Å². The van der Waals surface area contributed by atoms with Gasteiger partial charge in [0, 0.05) is 5.41 Å². The maximum absolute atomic E-state index is 12.5. The number of para-hydroxylation sites is 1. The Morgan fingerprint density at radius 3 is 2.46 bits per heavy atom. The molecule has 4 aliphatic carbocycles. The number of rotatable bonds is 5. The first-order valence-electron chi connectivity index (χ1n) is 10.1. The number of nitrogens with one attached hydrogen (secondary N) is 1. The van der Waals surface area contributed by atoms with Crippen molar-refractivity contribution in [2.45, 2.75) is 61.3 Å². The van der Waals surface area contributed by atoms with E-state index in [1.807, 2.05) is 19.1 Å². The molecule has 5 nitrogen and oxygen atoms in total. The van der Waals surface area contributed by atoms with E-state index < -0.39 is 0 Å². The number of aromatic nitrogens is 2. The molecule has 0 unspecified atom stereocenters. The molecule has 0 radical (unpaired) electrons. The summed E-state index contributed by atoms with van der Waals surface area (Å²) in [6.45, 7) is 1.84. The number of amides is 1. The Morgan fingerprint density at radius 2 is 1.82 bits per heavy atom. The predicted molar refractivity (Wildman–Crippen MR) is 110 cm³/mol. The number of anilines is 1. The molecule has 0 saturated heterocycles. The van der Waals surface area contributed by atoms with E-state index in [1.54, 1.807) is 12.1 Å². The van der Waals surface area contributed by atoms with Gasteiger partial charge in [-0.3, -0.25) is 4.79 Å². The summed E-state index contributed by atoms with van der Waals surface area (Å²) < 4.78 is 6.10. The van der Waals surface area contributed by atoms with Crippen LogP contribution in [0.25, 0.3) is 0 Å². The first-order chi connectivity index (χ1) is 13.5. The lowest BCUT2D eigenvalue weighted by atomic mass is 9.49. The third-order valence-corrected chi connectivity index (χ3v) is 7.94. The number of nitrogens with zero attached hydrogens (tertiary/aromatic N) is 2. The Bertz CT molecular complexity index is 864. The summed E-state index contributed by atoms with van der Waals surface area (Å²) in [5.74, 6) is 3.15. The molecule has 4 bridgehead atoms. The summed E-state index contributed by atoms with van der Waals surface area (Å²) in [5.41, 5.74) is 0.699. The van der Waals surface area contributed by atoms with Gasteiger partial charge in [-0.1, -0.05) is 35.5 Å². The van der Waals surface area contributed by atoms with Crippen LogP contribution in [0.3, 0.4) is 0 Å². The highest BCUT2D eigenvalue weighted by Crippen LogP contribution is 2.60. The summed E-state index contributed by atoms with van der Waals surface area (Å²) in [4.78, 5) is 12.5. The Morgan fingerprint density at radius 1 is 1.18 bits per heavy atom. The van der Waals surface area contributed by atoms with E-state index in [1.165, 1.54) is 50.3 Å². The van der Waals surface area contributed by atoms with E-state index in [9.17, 15) is 4.79 Å². The fourth-order valence-corrected chi connectivity index (χ4v) is 6.71. The monoisotopic (exact) mass is 417 g/mol. The van der Waals surface area contributed by atoms with E-state index in [0.29, 0.717) is 15.9 Å².